The Bertz CT molecular complexity index is 1210. The summed E-state index contributed by atoms with van der Waals surface area (Å²) in [5.74, 6) is 1.44. The molecule has 3 aromatic heterocycles. The molecule has 34 heavy (non-hydrogen) atoms. The molecule has 9 nitrogen and oxygen atoms in total. The average molecular weight is 468 g/mol. The van der Waals surface area contributed by atoms with E-state index in [0.717, 1.165) is 5.69 Å². The SMILES string of the molecule is COc1ccc2ncc(F)c(CCN3CC(=O)[C@H](CNCc4cc5c(cn4)OCCO5)C3)c2n1. The fourth-order valence-corrected chi connectivity index (χ4v) is 4.34. The Kier molecular flexibility index (Phi) is 6.50. The zero-order valence-corrected chi connectivity index (χ0v) is 18.9. The van der Waals surface area contributed by atoms with Gasteiger partial charge in [-0.2, -0.15) is 0 Å². The highest BCUT2D eigenvalue weighted by molar-refractivity contribution is 5.85. The van der Waals surface area contributed by atoms with E-state index in [9.17, 15) is 9.18 Å². The summed E-state index contributed by atoms with van der Waals surface area (Å²) in [5, 5.41) is 3.32. The Morgan fingerprint density at radius 3 is 2.91 bits per heavy atom. The van der Waals surface area contributed by atoms with Crippen LogP contribution in [0, 0.1) is 11.7 Å². The van der Waals surface area contributed by atoms with E-state index in [2.05, 4.69) is 25.2 Å². The number of rotatable bonds is 8. The molecule has 0 unspecified atom stereocenters. The molecule has 0 aromatic carbocycles. The predicted octanol–water partition coefficient (Wildman–Crippen LogP) is 1.78. The van der Waals surface area contributed by atoms with Crippen molar-refractivity contribution in [3.63, 3.8) is 0 Å². The standard InChI is InChI=1S/C24H26FN5O4/c1-32-23-3-2-19-24(29-23)17(18(25)11-28-19)4-5-30-13-15(20(31)14-30)9-26-10-16-8-21-22(12-27-16)34-7-6-33-21/h2-3,8,11-12,15,26H,4-7,9-10,13-14H2,1H3/t15-/m1/s1. The molecule has 5 heterocycles. The highest BCUT2D eigenvalue weighted by Crippen LogP contribution is 2.29. The zero-order valence-electron chi connectivity index (χ0n) is 18.9. The van der Waals surface area contributed by atoms with E-state index in [-0.39, 0.29) is 11.7 Å². The number of aromatic nitrogens is 3. The molecule has 10 heteroatoms. The molecule has 2 aliphatic heterocycles. The third-order valence-corrected chi connectivity index (χ3v) is 6.12. The topological polar surface area (TPSA) is 98.7 Å². The van der Waals surface area contributed by atoms with Gasteiger partial charge in [0.05, 0.1) is 42.8 Å². The van der Waals surface area contributed by atoms with Crippen LogP contribution >= 0.6 is 0 Å². The van der Waals surface area contributed by atoms with Gasteiger partial charge in [-0.05, 0) is 12.5 Å². The van der Waals surface area contributed by atoms with Gasteiger partial charge in [0.25, 0.3) is 0 Å². The Labute approximate surface area is 196 Å². The predicted molar refractivity (Wildman–Crippen MR) is 122 cm³/mol. The van der Waals surface area contributed by atoms with Crippen molar-refractivity contribution in [3.8, 4) is 17.4 Å². The van der Waals surface area contributed by atoms with Crippen molar-refractivity contribution in [1.29, 1.82) is 0 Å². The quantitative estimate of drug-likeness (QED) is 0.531. The Hall–Kier alpha value is -3.37. The molecule has 2 aliphatic rings. The minimum atomic E-state index is -0.399. The van der Waals surface area contributed by atoms with E-state index in [0.29, 0.717) is 86.3 Å². The van der Waals surface area contributed by atoms with Gasteiger partial charge in [0.1, 0.15) is 19.0 Å². The molecule has 0 amide bonds. The second kappa shape index (κ2) is 9.86. The van der Waals surface area contributed by atoms with Crippen LogP contribution in [-0.2, 0) is 17.8 Å². The fourth-order valence-electron chi connectivity index (χ4n) is 4.34. The minimum Gasteiger partial charge on any atom is -0.486 e. The minimum absolute atomic E-state index is 0.116. The van der Waals surface area contributed by atoms with Crippen LogP contribution in [0.1, 0.15) is 11.3 Å². The molecular weight excluding hydrogens is 441 g/mol. The summed E-state index contributed by atoms with van der Waals surface area (Å²) in [6, 6.07) is 5.33. The first kappa shape index (κ1) is 22.4. The summed E-state index contributed by atoms with van der Waals surface area (Å²) in [6.07, 6.45) is 3.32. The number of likely N-dealkylation sites (tertiary alicyclic amines) is 1. The number of Topliss-reactive ketones (excluding diaryl/α,β-unsaturated/α-hetero) is 1. The van der Waals surface area contributed by atoms with Gasteiger partial charge in [0.2, 0.25) is 5.88 Å². The van der Waals surface area contributed by atoms with Crippen LogP contribution in [0.4, 0.5) is 4.39 Å². The lowest BCUT2D eigenvalue weighted by molar-refractivity contribution is -0.119. The second-order valence-corrected chi connectivity index (χ2v) is 8.40. The molecule has 5 rings (SSSR count). The lowest BCUT2D eigenvalue weighted by Crippen LogP contribution is -2.29. The number of methoxy groups -OCH3 is 1. The number of pyridine rings is 3. The fraction of sp³-hybridized carbons (Fsp3) is 0.417. The van der Waals surface area contributed by atoms with Crippen molar-refractivity contribution in [2.75, 3.05) is 46.5 Å². The average Bonchev–Trinajstić information content (AvgIpc) is 3.22. The number of fused-ring (bicyclic) bond motifs is 2. The van der Waals surface area contributed by atoms with Crippen molar-refractivity contribution >= 4 is 16.8 Å². The normalized spacial score (nSPS) is 17.9. The van der Waals surface area contributed by atoms with E-state index in [1.165, 1.54) is 13.3 Å². The van der Waals surface area contributed by atoms with Gasteiger partial charge in [-0.15, -0.1) is 0 Å². The number of halogens is 1. The van der Waals surface area contributed by atoms with Gasteiger partial charge in [0.15, 0.2) is 17.3 Å². The maximum atomic E-state index is 14.6. The summed E-state index contributed by atoms with van der Waals surface area (Å²) in [4.78, 5) is 27.5. The van der Waals surface area contributed by atoms with E-state index < -0.39 is 5.82 Å². The summed E-state index contributed by atoms with van der Waals surface area (Å²) in [6.45, 7) is 3.68. The van der Waals surface area contributed by atoms with Crippen LogP contribution in [0.15, 0.2) is 30.6 Å². The first-order valence-electron chi connectivity index (χ1n) is 11.3. The monoisotopic (exact) mass is 467 g/mol. The molecule has 0 aliphatic carbocycles. The lowest BCUT2D eigenvalue weighted by Gasteiger charge is -2.18. The van der Waals surface area contributed by atoms with Gasteiger partial charge in [0, 0.05) is 49.8 Å². The third-order valence-electron chi connectivity index (χ3n) is 6.12. The van der Waals surface area contributed by atoms with Crippen LogP contribution in [0.25, 0.3) is 11.0 Å². The van der Waals surface area contributed by atoms with E-state index in [1.807, 2.05) is 6.07 Å². The van der Waals surface area contributed by atoms with Crippen LogP contribution < -0.4 is 19.5 Å². The van der Waals surface area contributed by atoms with Crippen molar-refractivity contribution in [2.24, 2.45) is 5.92 Å². The number of hydrogen-bond donors (Lipinski definition) is 1. The molecule has 1 N–H and O–H groups in total. The second-order valence-electron chi connectivity index (χ2n) is 8.40. The summed E-state index contributed by atoms with van der Waals surface area (Å²) in [7, 11) is 1.52. The van der Waals surface area contributed by atoms with Crippen molar-refractivity contribution in [3.05, 3.63) is 47.7 Å². The third kappa shape index (κ3) is 4.78. The van der Waals surface area contributed by atoms with Gasteiger partial charge in [-0.25, -0.2) is 9.37 Å². The molecule has 1 fully saturated rings. The molecule has 1 atom stereocenters. The van der Waals surface area contributed by atoms with Crippen LogP contribution in [0.3, 0.4) is 0 Å². The van der Waals surface area contributed by atoms with Gasteiger partial charge < -0.3 is 19.5 Å². The molecule has 0 bridgehead atoms. The number of hydrogen-bond acceptors (Lipinski definition) is 9. The Balaban J connectivity index is 1.16. The molecule has 0 saturated carbocycles. The largest absolute Gasteiger partial charge is 0.486 e. The maximum Gasteiger partial charge on any atom is 0.213 e. The van der Waals surface area contributed by atoms with Gasteiger partial charge in [-0.3, -0.25) is 19.7 Å². The van der Waals surface area contributed by atoms with Crippen molar-refractivity contribution < 1.29 is 23.4 Å². The molecule has 3 aromatic rings. The summed E-state index contributed by atoms with van der Waals surface area (Å²) in [5.41, 5.74) is 2.43. The smallest absolute Gasteiger partial charge is 0.213 e. The van der Waals surface area contributed by atoms with Crippen molar-refractivity contribution in [1.82, 2.24) is 25.2 Å². The lowest BCUT2D eigenvalue weighted by atomic mass is 10.1. The van der Waals surface area contributed by atoms with Gasteiger partial charge >= 0.3 is 0 Å². The number of nitrogens with one attached hydrogen (secondary N) is 1. The zero-order chi connectivity index (χ0) is 23.5. The summed E-state index contributed by atoms with van der Waals surface area (Å²) < 4.78 is 30.8. The molecule has 1 saturated heterocycles. The summed E-state index contributed by atoms with van der Waals surface area (Å²) >= 11 is 0. The molecule has 0 spiro atoms. The number of carbonyl (C=O) groups excluding carboxylic acids is 1. The number of nitrogens with zero attached hydrogens (tertiary/aromatic N) is 4. The molecule has 0 radical (unpaired) electrons. The van der Waals surface area contributed by atoms with E-state index in [1.54, 1.807) is 18.3 Å². The molecule has 178 valence electrons. The molecular formula is C24H26FN5O4. The highest BCUT2D eigenvalue weighted by Gasteiger charge is 2.30. The Morgan fingerprint density at radius 2 is 2.06 bits per heavy atom. The van der Waals surface area contributed by atoms with E-state index in [4.69, 9.17) is 14.2 Å². The maximum absolute atomic E-state index is 14.6. The van der Waals surface area contributed by atoms with Crippen molar-refractivity contribution in [2.45, 2.75) is 13.0 Å². The van der Waals surface area contributed by atoms with Crippen LogP contribution in [-0.4, -0.2) is 72.1 Å². The number of carbonyl (C=O) groups is 1. The first-order valence-corrected chi connectivity index (χ1v) is 11.3. The van der Waals surface area contributed by atoms with Crippen LogP contribution in [0.5, 0.6) is 17.4 Å². The highest BCUT2D eigenvalue weighted by atomic mass is 19.1. The van der Waals surface area contributed by atoms with E-state index >= 15 is 0 Å². The van der Waals surface area contributed by atoms with Gasteiger partial charge in [-0.1, -0.05) is 0 Å². The number of ether oxygens (including phenoxy) is 3. The first-order chi connectivity index (χ1) is 16.6. The Morgan fingerprint density at radius 1 is 1.21 bits per heavy atom. The number of ketones is 1. The van der Waals surface area contributed by atoms with Crippen LogP contribution in [0.2, 0.25) is 0 Å².